The number of aromatic nitrogens is 4. The molecule has 0 fully saturated rings. The minimum atomic E-state index is -0.263. The third-order valence-corrected chi connectivity index (χ3v) is 5.37. The van der Waals surface area contributed by atoms with Crippen molar-refractivity contribution in [2.24, 2.45) is 0 Å². The van der Waals surface area contributed by atoms with Crippen molar-refractivity contribution in [3.8, 4) is 11.4 Å². The molecule has 0 radical (unpaired) electrons. The van der Waals surface area contributed by atoms with Crippen molar-refractivity contribution < 1.29 is 9.53 Å². The lowest BCUT2D eigenvalue weighted by atomic mass is 10.0. The Morgan fingerprint density at radius 3 is 2.84 bits per heavy atom. The lowest BCUT2D eigenvalue weighted by molar-refractivity contribution is -0.122. The number of rotatable bonds is 5. The summed E-state index contributed by atoms with van der Waals surface area (Å²) in [5.74, 6) is 1.17. The van der Waals surface area contributed by atoms with Gasteiger partial charge < -0.3 is 15.0 Å². The van der Waals surface area contributed by atoms with E-state index in [0.717, 1.165) is 23.4 Å². The molecule has 5 rings (SSSR count). The van der Waals surface area contributed by atoms with E-state index in [4.69, 9.17) is 4.74 Å². The van der Waals surface area contributed by atoms with Crippen LogP contribution in [0.1, 0.15) is 30.3 Å². The number of hydrogen-bond donors (Lipinski definition) is 2. The lowest BCUT2D eigenvalue weighted by Crippen LogP contribution is -2.32. The average molecular weight is 415 g/mol. The van der Waals surface area contributed by atoms with Gasteiger partial charge in [-0.1, -0.05) is 36.4 Å². The highest BCUT2D eigenvalue weighted by molar-refractivity contribution is 5.77. The van der Waals surface area contributed by atoms with Crippen LogP contribution in [0.3, 0.4) is 0 Å². The van der Waals surface area contributed by atoms with Gasteiger partial charge in [0.15, 0.2) is 5.65 Å². The van der Waals surface area contributed by atoms with Crippen LogP contribution in [0.5, 0.6) is 5.75 Å². The fourth-order valence-corrected chi connectivity index (χ4v) is 3.83. The van der Waals surface area contributed by atoms with Gasteiger partial charge in [-0.2, -0.15) is 5.10 Å². The highest BCUT2D eigenvalue weighted by Crippen LogP contribution is 2.31. The summed E-state index contributed by atoms with van der Waals surface area (Å²) in [4.78, 5) is 32.4. The predicted molar refractivity (Wildman–Crippen MR) is 115 cm³/mol. The maximum atomic E-state index is 12.6. The summed E-state index contributed by atoms with van der Waals surface area (Å²) < 4.78 is 7.28. The first kappa shape index (κ1) is 19.0. The minimum Gasteiger partial charge on any atom is -0.493 e. The number of amides is 1. The quantitative estimate of drug-likeness (QED) is 0.522. The number of benzene rings is 2. The van der Waals surface area contributed by atoms with Crippen LogP contribution in [0, 0.1) is 0 Å². The molecule has 1 aliphatic heterocycles. The van der Waals surface area contributed by atoms with Crippen LogP contribution in [-0.2, 0) is 11.2 Å². The first-order valence-electron chi connectivity index (χ1n) is 10.2. The van der Waals surface area contributed by atoms with Crippen LogP contribution in [0.15, 0.2) is 65.6 Å². The molecule has 0 saturated heterocycles. The topological polar surface area (TPSA) is 102 Å². The van der Waals surface area contributed by atoms with Gasteiger partial charge in [0, 0.05) is 24.8 Å². The SMILES string of the molecule is O=C(CCc1nc2c(cnn2-c2ccccc2)c(=O)[nH]1)N[C@@H]1CCOc2ccccc21. The molecule has 0 spiro atoms. The standard InChI is InChI=1S/C23H21N5O3/c29-21(25-18-12-13-31-19-9-5-4-8-16(18)19)11-10-20-26-22-17(23(30)27-20)14-24-28(22)15-6-2-1-3-7-15/h1-9,14,18H,10-13H2,(H,25,29)(H,26,27,30)/t18-/m1/s1. The first-order chi connectivity index (χ1) is 15.2. The van der Waals surface area contributed by atoms with Crippen molar-refractivity contribution in [1.82, 2.24) is 25.1 Å². The molecule has 8 heteroatoms. The summed E-state index contributed by atoms with van der Waals surface area (Å²) >= 11 is 0. The molecular weight excluding hydrogens is 394 g/mol. The molecule has 2 N–H and O–H groups in total. The summed E-state index contributed by atoms with van der Waals surface area (Å²) in [5.41, 5.74) is 2.02. The number of aromatic amines is 1. The molecule has 156 valence electrons. The van der Waals surface area contributed by atoms with E-state index >= 15 is 0 Å². The van der Waals surface area contributed by atoms with Crippen LogP contribution in [-0.4, -0.2) is 32.3 Å². The van der Waals surface area contributed by atoms with E-state index in [1.807, 2.05) is 54.6 Å². The number of H-pyrrole nitrogens is 1. The zero-order valence-corrected chi connectivity index (χ0v) is 16.7. The molecule has 2 aromatic carbocycles. The molecule has 4 aromatic rings. The summed E-state index contributed by atoms with van der Waals surface area (Å²) in [5, 5.41) is 7.79. The highest BCUT2D eigenvalue weighted by Gasteiger charge is 2.22. The van der Waals surface area contributed by atoms with Gasteiger partial charge in [0.25, 0.3) is 5.56 Å². The first-order valence-corrected chi connectivity index (χ1v) is 10.2. The van der Waals surface area contributed by atoms with E-state index in [1.54, 1.807) is 4.68 Å². The predicted octanol–water partition coefficient (Wildman–Crippen LogP) is 2.68. The number of nitrogens with zero attached hydrogens (tertiary/aromatic N) is 3. The van der Waals surface area contributed by atoms with Crippen LogP contribution in [0.25, 0.3) is 16.7 Å². The molecule has 0 aliphatic carbocycles. The van der Waals surface area contributed by atoms with Crippen LogP contribution in [0.2, 0.25) is 0 Å². The van der Waals surface area contributed by atoms with E-state index < -0.39 is 0 Å². The van der Waals surface area contributed by atoms with Crippen molar-refractivity contribution in [2.75, 3.05) is 6.61 Å². The molecule has 0 bridgehead atoms. The molecule has 8 nitrogen and oxygen atoms in total. The summed E-state index contributed by atoms with van der Waals surface area (Å²) in [6, 6.07) is 17.2. The van der Waals surface area contributed by atoms with E-state index in [0.29, 0.717) is 29.9 Å². The van der Waals surface area contributed by atoms with Gasteiger partial charge >= 0.3 is 0 Å². The molecule has 2 aromatic heterocycles. The Morgan fingerprint density at radius 1 is 1.16 bits per heavy atom. The third kappa shape index (κ3) is 3.79. The van der Waals surface area contributed by atoms with E-state index in [9.17, 15) is 9.59 Å². The summed E-state index contributed by atoms with van der Waals surface area (Å²) in [7, 11) is 0. The molecule has 1 amide bonds. The van der Waals surface area contributed by atoms with Gasteiger partial charge in [-0.3, -0.25) is 9.59 Å². The highest BCUT2D eigenvalue weighted by atomic mass is 16.5. The van der Waals surface area contributed by atoms with Gasteiger partial charge in [-0.15, -0.1) is 0 Å². The number of carbonyl (C=O) groups excluding carboxylic acids is 1. The number of nitrogens with one attached hydrogen (secondary N) is 2. The van der Waals surface area contributed by atoms with Crippen molar-refractivity contribution in [3.05, 3.63) is 82.5 Å². The maximum absolute atomic E-state index is 12.6. The minimum absolute atomic E-state index is 0.0774. The van der Waals surface area contributed by atoms with E-state index in [1.165, 1.54) is 6.20 Å². The number of carbonyl (C=O) groups is 1. The second kappa shape index (κ2) is 8.06. The average Bonchev–Trinajstić information content (AvgIpc) is 3.23. The Hall–Kier alpha value is -3.94. The molecule has 3 heterocycles. The van der Waals surface area contributed by atoms with Crippen LogP contribution in [0.4, 0.5) is 0 Å². The van der Waals surface area contributed by atoms with Crippen molar-refractivity contribution in [2.45, 2.75) is 25.3 Å². The van der Waals surface area contributed by atoms with Gasteiger partial charge in [-0.25, -0.2) is 9.67 Å². The maximum Gasteiger partial charge on any atom is 0.262 e. The summed E-state index contributed by atoms with van der Waals surface area (Å²) in [6.07, 6.45) is 2.77. The second-order valence-electron chi connectivity index (χ2n) is 7.44. The zero-order chi connectivity index (χ0) is 21.2. The zero-order valence-electron chi connectivity index (χ0n) is 16.7. The number of hydrogen-bond acceptors (Lipinski definition) is 5. The Morgan fingerprint density at radius 2 is 1.97 bits per heavy atom. The Balaban J connectivity index is 1.32. The van der Waals surface area contributed by atoms with Crippen molar-refractivity contribution >= 4 is 16.9 Å². The van der Waals surface area contributed by atoms with Crippen molar-refractivity contribution in [3.63, 3.8) is 0 Å². The Bertz CT molecular complexity index is 1300. The largest absolute Gasteiger partial charge is 0.493 e. The smallest absolute Gasteiger partial charge is 0.262 e. The summed E-state index contributed by atoms with van der Waals surface area (Å²) in [6.45, 7) is 0.566. The molecule has 1 aliphatic rings. The Kier molecular flexibility index (Phi) is 4.95. The third-order valence-electron chi connectivity index (χ3n) is 5.37. The van der Waals surface area contributed by atoms with Gasteiger partial charge in [-0.05, 0) is 18.2 Å². The van der Waals surface area contributed by atoms with Crippen LogP contribution < -0.4 is 15.6 Å². The van der Waals surface area contributed by atoms with Crippen LogP contribution >= 0.6 is 0 Å². The molecule has 1 atom stereocenters. The van der Waals surface area contributed by atoms with E-state index in [2.05, 4.69) is 20.4 Å². The Labute approximate surface area is 177 Å². The number of para-hydroxylation sites is 2. The normalized spacial score (nSPS) is 15.3. The lowest BCUT2D eigenvalue weighted by Gasteiger charge is -2.26. The van der Waals surface area contributed by atoms with Crippen molar-refractivity contribution in [1.29, 1.82) is 0 Å². The number of ether oxygens (including phenoxy) is 1. The molecule has 0 saturated carbocycles. The van der Waals surface area contributed by atoms with Gasteiger partial charge in [0.1, 0.15) is 17.0 Å². The molecule has 0 unspecified atom stereocenters. The monoisotopic (exact) mass is 415 g/mol. The number of aryl methyl sites for hydroxylation is 1. The molecular formula is C23H21N5O3. The molecule has 31 heavy (non-hydrogen) atoms. The number of fused-ring (bicyclic) bond motifs is 2. The second-order valence-corrected chi connectivity index (χ2v) is 7.44. The van der Waals surface area contributed by atoms with Gasteiger partial charge in [0.05, 0.1) is 24.5 Å². The van der Waals surface area contributed by atoms with E-state index in [-0.39, 0.29) is 23.9 Å². The fraction of sp³-hybridized carbons (Fsp3) is 0.217. The fourth-order valence-electron chi connectivity index (χ4n) is 3.83. The van der Waals surface area contributed by atoms with Gasteiger partial charge in [0.2, 0.25) is 5.91 Å².